The Labute approximate surface area is 178 Å². The summed E-state index contributed by atoms with van der Waals surface area (Å²) in [6, 6.07) is 16.9. The summed E-state index contributed by atoms with van der Waals surface area (Å²) in [4.78, 5) is 23.5. The highest BCUT2D eigenvalue weighted by atomic mass is 32.2. The summed E-state index contributed by atoms with van der Waals surface area (Å²) in [5, 5.41) is 2.63. The molecule has 160 valence electrons. The van der Waals surface area contributed by atoms with Gasteiger partial charge in [-0.25, -0.2) is 12.8 Å². The number of carbonyl (C=O) groups excluding carboxylic acids is 2. The molecular formula is C22H19FN2O5S. The van der Waals surface area contributed by atoms with E-state index in [4.69, 9.17) is 4.74 Å². The zero-order valence-electron chi connectivity index (χ0n) is 16.5. The number of halogens is 1. The van der Waals surface area contributed by atoms with Crippen molar-refractivity contribution >= 4 is 33.1 Å². The van der Waals surface area contributed by atoms with Crippen LogP contribution in [0.1, 0.15) is 17.3 Å². The average molecular weight is 442 g/mol. The fourth-order valence-electron chi connectivity index (χ4n) is 2.61. The fourth-order valence-corrected chi connectivity index (χ4v) is 3.67. The molecule has 0 aliphatic rings. The van der Waals surface area contributed by atoms with Gasteiger partial charge in [0, 0.05) is 16.9 Å². The minimum absolute atomic E-state index is 0.0188. The van der Waals surface area contributed by atoms with E-state index in [9.17, 15) is 22.4 Å². The molecule has 1 amide bonds. The summed E-state index contributed by atoms with van der Waals surface area (Å²) in [5.41, 5.74) is 1.17. The van der Waals surface area contributed by atoms with E-state index in [1.165, 1.54) is 43.3 Å². The fraction of sp³-hybridized carbons (Fsp3) is 0.0909. The van der Waals surface area contributed by atoms with E-state index in [1.807, 2.05) is 0 Å². The van der Waals surface area contributed by atoms with Crippen molar-refractivity contribution in [3.05, 3.63) is 84.2 Å². The molecule has 0 aromatic heterocycles. The van der Waals surface area contributed by atoms with Crippen molar-refractivity contribution in [3.8, 4) is 5.75 Å². The van der Waals surface area contributed by atoms with Crippen LogP contribution in [0.2, 0.25) is 0 Å². The van der Waals surface area contributed by atoms with Crippen LogP contribution in [0.15, 0.2) is 77.7 Å². The van der Waals surface area contributed by atoms with Crippen LogP contribution in [0.4, 0.5) is 15.8 Å². The van der Waals surface area contributed by atoms with Gasteiger partial charge in [0.15, 0.2) is 12.4 Å². The number of hydrogen-bond donors (Lipinski definition) is 2. The average Bonchev–Trinajstić information content (AvgIpc) is 2.74. The van der Waals surface area contributed by atoms with Gasteiger partial charge in [0.05, 0.1) is 4.90 Å². The van der Waals surface area contributed by atoms with Gasteiger partial charge in [-0.2, -0.15) is 0 Å². The summed E-state index contributed by atoms with van der Waals surface area (Å²) in [5.74, 6) is -0.722. The molecule has 9 heteroatoms. The Morgan fingerprint density at radius 3 is 2.26 bits per heavy atom. The molecule has 3 aromatic rings. The molecule has 31 heavy (non-hydrogen) atoms. The van der Waals surface area contributed by atoms with Crippen LogP contribution in [-0.4, -0.2) is 26.7 Å². The molecule has 0 aliphatic carbocycles. The Kier molecular flexibility index (Phi) is 6.66. The highest BCUT2D eigenvalue weighted by Gasteiger charge is 2.14. The third-order valence-electron chi connectivity index (χ3n) is 4.15. The lowest BCUT2D eigenvalue weighted by atomic mass is 10.1. The van der Waals surface area contributed by atoms with E-state index in [2.05, 4.69) is 10.0 Å². The third-order valence-corrected chi connectivity index (χ3v) is 5.55. The zero-order valence-corrected chi connectivity index (χ0v) is 17.3. The van der Waals surface area contributed by atoms with Crippen LogP contribution in [0.25, 0.3) is 0 Å². The second-order valence-corrected chi connectivity index (χ2v) is 8.24. The number of rotatable bonds is 8. The Morgan fingerprint density at radius 2 is 1.61 bits per heavy atom. The highest BCUT2D eigenvalue weighted by molar-refractivity contribution is 7.92. The topological polar surface area (TPSA) is 102 Å². The van der Waals surface area contributed by atoms with Gasteiger partial charge in [0.25, 0.3) is 15.9 Å². The number of Topliss-reactive ketones (excluding diaryl/α,β-unsaturated/α-hetero) is 1. The quantitative estimate of drug-likeness (QED) is 0.516. The van der Waals surface area contributed by atoms with Gasteiger partial charge < -0.3 is 10.1 Å². The maximum Gasteiger partial charge on any atom is 0.262 e. The summed E-state index contributed by atoms with van der Waals surface area (Å²) in [6.07, 6.45) is 0. The summed E-state index contributed by atoms with van der Waals surface area (Å²) >= 11 is 0. The number of hydrogen-bond acceptors (Lipinski definition) is 5. The number of sulfonamides is 1. The van der Waals surface area contributed by atoms with Crippen molar-refractivity contribution in [2.24, 2.45) is 0 Å². The van der Waals surface area contributed by atoms with Gasteiger partial charge in [0.2, 0.25) is 0 Å². The largest absolute Gasteiger partial charge is 0.484 e. The molecule has 0 atom stereocenters. The molecule has 0 radical (unpaired) electrons. The zero-order chi connectivity index (χ0) is 22.4. The minimum Gasteiger partial charge on any atom is -0.484 e. The molecule has 0 spiro atoms. The number of benzene rings is 3. The minimum atomic E-state index is -3.86. The first-order valence-corrected chi connectivity index (χ1v) is 10.6. The highest BCUT2D eigenvalue weighted by Crippen LogP contribution is 2.20. The van der Waals surface area contributed by atoms with E-state index >= 15 is 0 Å². The van der Waals surface area contributed by atoms with Crippen LogP contribution in [0, 0.1) is 5.82 Å². The number of ketones is 1. The molecule has 0 fully saturated rings. The lowest BCUT2D eigenvalue weighted by Crippen LogP contribution is -2.20. The number of carbonyl (C=O) groups is 2. The molecule has 3 aromatic carbocycles. The van der Waals surface area contributed by atoms with Gasteiger partial charge in [-0.1, -0.05) is 12.1 Å². The van der Waals surface area contributed by atoms with E-state index < -0.39 is 21.7 Å². The molecule has 0 saturated heterocycles. The lowest BCUT2D eigenvalue weighted by molar-refractivity contribution is -0.118. The van der Waals surface area contributed by atoms with Crippen LogP contribution < -0.4 is 14.8 Å². The van der Waals surface area contributed by atoms with Gasteiger partial charge in [-0.15, -0.1) is 0 Å². The number of nitrogens with one attached hydrogen (secondary N) is 2. The van der Waals surface area contributed by atoms with Crippen molar-refractivity contribution in [2.75, 3.05) is 16.6 Å². The maximum atomic E-state index is 13.0. The molecule has 3 rings (SSSR count). The normalized spacial score (nSPS) is 10.9. The monoisotopic (exact) mass is 442 g/mol. The van der Waals surface area contributed by atoms with Gasteiger partial charge in [-0.05, 0) is 67.6 Å². The molecule has 0 saturated carbocycles. The summed E-state index contributed by atoms with van der Waals surface area (Å²) < 4.78 is 45.5. The first-order chi connectivity index (χ1) is 14.7. The Hall–Kier alpha value is -3.72. The molecule has 0 aliphatic heterocycles. The molecule has 0 heterocycles. The molecule has 0 bridgehead atoms. The van der Waals surface area contributed by atoms with Gasteiger partial charge in [-0.3, -0.25) is 14.3 Å². The van der Waals surface area contributed by atoms with Crippen LogP contribution >= 0.6 is 0 Å². The first kappa shape index (κ1) is 22.0. The Morgan fingerprint density at radius 1 is 0.935 bits per heavy atom. The molecule has 2 N–H and O–H groups in total. The van der Waals surface area contributed by atoms with Crippen molar-refractivity contribution in [1.29, 1.82) is 0 Å². The van der Waals surface area contributed by atoms with Crippen molar-refractivity contribution in [2.45, 2.75) is 11.8 Å². The van der Waals surface area contributed by atoms with E-state index in [-0.39, 0.29) is 23.0 Å². The second-order valence-electron chi connectivity index (χ2n) is 6.56. The SMILES string of the molecule is CC(=O)c1cccc(NC(=O)COc2ccc(S(=O)(=O)Nc3ccc(F)cc3)cc2)c1. The number of amides is 1. The Balaban J connectivity index is 1.57. The summed E-state index contributed by atoms with van der Waals surface area (Å²) in [6.45, 7) is 1.13. The van der Waals surface area contributed by atoms with Crippen LogP contribution in [-0.2, 0) is 14.8 Å². The van der Waals surface area contributed by atoms with Crippen LogP contribution in [0.3, 0.4) is 0 Å². The first-order valence-electron chi connectivity index (χ1n) is 9.15. The smallest absolute Gasteiger partial charge is 0.262 e. The predicted octanol–water partition coefficient (Wildman–Crippen LogP) is 3.85. The van der Waals surface area contributed by atoms with E-state index in [0.717, 1.165) is 12.1 Å². The second kappa shape index (κ2) is 9.40. The number of anilines is 2. The van der Waals surface area contributed by atoms with Crippen molar-refractivity contribution in [3.63, 3.8) is 0 Å². The molecule has 7 nitrogen and oxygen atoms in total. The van der Waals surface area contributed by atoms with Gasteiger partial charge >= 0.3 is 0 Å². The Bertz CT molecular complexity index is 1190. The molecule has 0 unspecified atom stereocenters. The van der Waals surface area contributed by atoms with E-state index in [1.54, 1.807) is 24.3 Å². The standard InChI is InChI=1S/C22H19FN2O5S/c1-15(26)16-3-2-4-19(13-16)24-22(27)14-30-20-9-11-21(12-10-20)31(28,29)25-18-7-5-17(23)6-8-18/h2-13,25H,14H2,1H3,(H,24,27). The van der Waals surface area contributed by atoms with Crippen molar-refractivity contribution < 1.29 is 27.1 Å². The summed E-state index contributed by atoms with van der Waals surface area (Å²) in [7, 11) is -3.86. The lowest BCUT2D eigenvalue weighted by Gasteiger charge is -2.10. The number of ether oxygens (including phenoxy) is 1. The van der Waals surface area contributed by atoms with Gasteiger partial charge in [0.1, 0.15) is 11.6 Å². The van der Waals surface area contributed by atoms with Crippen molar-refractivity contribution in [1.82, 2.24) is 0 Å². The van der Waals surface area contributed by atoms with E-state index in [0.29, 0.717) is 17.0 Å². The maximum absolute atomic E-state index is 13.0. The third kappa shape index (κ3) is 6.13. The predicted molar refractivity (Wildman–Crippen MR) is 114 cm³/mol. The molecular weight excluding hydrogens is 423 g/mol. The van der Waals surface area contributed by atoms with Crippen LogP contribution in [0.5, 0.6) is 5.75 Å².